The Morgan fingerprint density at radius 2 is 1.45 bits per heavy atom. The number of fused-ring (bicyclic) bond motifs is 2. The minimum atomic E-state index is -0.391. The number of carbonyl (C=O) groups excluding carboxylic acids is 3. The molecule has 8 nitrogen and oxygen atoms in total. The van der Waals surface area contributed by atoms with Crippen molar-refractivity contribution in [3.63, 3.8) is 0 Å². The number of para-hydroxylation sites is 2. The predicted octanol–water partition coefficient (Wildman–Crippen LogP) is 5.01. The van der Waals surface area contributed by atoms with Crippen LogP contribution < -0.4 is 5.32 Å². The minimum absolute atomic E-state index is 0.129. The zero-order valence-electron chi connectivity index (χ0n) is 21.4. The first-order valence-electron chi connectivity index (χ1n) is 12.7. The summed E-state index contributed by atoms with van der Waals surface area (Å²) in [6, 6.07) is 15.9. The van der Waals surface area contributed by atoms with E-state index in [0.29, 0.717) is 30.0 Å². The fraction of sp³-hybridized carbons (Fsp3) is 0.233. The van der Waals surface area contributed by atoms with E-state index in [0.717, 1.165) is 45.8 Å². The average Bonchev–Trinajstić information content (AvgIpc) is 3.54. The fourth-order valence-corrected chi connectivity index (χ4v) is 5.76. The van der Waals surface area contributed by atoms with E-state index in [1.54, 1.807) is 11.8 Å². The second kappa shape index (κ2) is 9.06. The monoisotopic (exact) mass is 508 g/mol. The molecule has 0 spiro atoms. The van der Waals surface area contributed by atoms with E-state index < -0.39 is 5.91 Å². The van der Waals surface area contributed by atoms with E-state index in [-0.39, 0.29) is 18.0 Å². The molecule has 0 atom stereocenters. The SMILES string of the molecule is C=C(C)OC(=O)N1CCC(n2cc(C3=C(c4cn(C)c5ccccc45)C(=O)NC3=O)c3ccccc32)CC1. The first-order chi connectivity index (χ1) is 18.3. The van der Waals surface area contributed by atoms with Crippen molar-refractivity contribution in [1.29, 1.82) is 0 Å². The smallest absolute Gasteiger partial charge is 0.414 e. The number of nitrogens with one attached hydrogen (secondary N) is 1. The third-order valence-electron chi connectivity index (χ3n) is 7.49. The van der Waals surface area contributed by atoms with Crippen LogP contribution in [0.15, 0.2) is 73.3 Å². The first kappa shape index (κ1) is 23.8. The highest BCUT2D eigenvalue weighted by atomic mass is 16.6. The van der Waals surface area contributed by atoms with Gasteiger partial charge in [0, 0.05) is 71.5 Å². The lowest BCUT2D eigenvalue weighted by atomic mass is 9.95. The number of likely N-dealkylation sites (tertiary alicyclic amines) is 1. The molecule has 4 heterocycles. The van der Waals surface area contributed by atoms with Gasteiger partial charge in [-0.3, -0.25) is 14.9 Å². The number of hydrogen-bond acceptors (Lipinski definition) is 4. The maximum atomic E-state index is 13.3. The number of nitrogens with zero attached hydrogens (tertiary/aromatic N) is 3. The van der Waals surface area contributed by atoms with E-state index in [1.165, 1.54) is 0 Å². The van der Waals surface area contributed by atoms with Crippen LogP contribution in [0, 0.1) is 0 Å². The number of allylic oxidation sites excluding steroid dienone is 1. The number of carbonyl (C=O) groups is 3. The summed E-state index contributed by atoms with van der Waals surface area (Å²) in [5.74, 6) is -0.404. The van der Waals surface area contributed by atoms with E-state index in [1.807, 2.05) is 72.5 Å². The van der Waals surface area contributed by atoms with E-state index >= 15 is 0 Å². The van der Waals surface area contributed by atoms with Crippen molar-refractivity contribution >= 4 is 50.9 Å². The summed E-state index contributed by atoms with van der Waals surface area (Å²) in [6.07, 6.45) is 5.01. The largest absolute Gasteiger partial charge is 0.416 e. The van der Waals surface area contributed by atoms with Crippen LogP contribution in [-0.2, 0) is 21.4 Å². The topological polar surface area (TPSA) is 85.6 Å². The average molecular weight is 509 g/mol. The van der Waals surface area contributed by atoms with Crippen molar-refractivity contribution in [2.75, 3.05) is 13.1 Å². The Kier molecular flexibility index (Phi) is 5.67. The first-order valence-corrected chi connectivity index (χ1v) is 12.7. The van der Waals surface area contributed by atoms with Gasteiger partial charge in [-0.2, -0.15) is 0 Å². The molecule has 1 N–H and O–H groups in total. The van der Waals surface area contributed by atoms with Crippen LogP contribution in [0.4, 0.5) is 4.79 Å². The van der Waals surface area contributed by atoms with Gasteiger partial charge in [-0.25, -0.2) is 4.79 Å². The molecule has 192 valence electrons. The predicted molar refractivity (Wildman–Crippen MR) is 146 cm³/mol. The lowest BCUT2D eigenvalue weighted by Crippen LogP contribution is -2.39. The van der Waals surface area contributed by atoms with Gasteiger partial charge in [-0.15, -0.1) is 0 Å². The van der Waals surface area contributed by atoms with Gasteiger partial charge in [0.2, 0.25) is 0 Å². The van der Waals surface area contributed by atoms with Crippen LogP contribution >= 0.6 is 0 Å². The summed E-state index contributed by atoms with van der Waals surface area (Å²) in [4.78, 5) is 40.5. The number of piperidine rings is 1. The highest BCUT2D eigenvalue weighted by Crippen LogP contribution is 2.40. The van der Waals surface area contributed by atoms with Crippen molar-refractivity contribution in [1.82, 2.24) is 19.4 Å². The lowest BCUT2D eigenvalue weighted by Gasteiger charge is -2.32. The second-order valence-corrected chi connectivity index (χ2v) is 9.96. The summed E-state index contributed by atoms with van der Waals surface area (Å²) in [5, 5.41) is 4.37. The highest BCUT2D eigenvalue weighted by Gasteiger charge is 2.36. The zero-order chi connectivity index (χ0) is 26.6. The van der Waals surface area contributed by atoms with Gasteiger partial charge in [-0.05, 0) is 31.9 Å². The van der Waals surface area contributed by atoms with E-state index in [2.05, 4.69) is 16.5 Å². The molecule has 3 amide bonds. The van der Waals surface area contributed by atoms with Crippen molar-refractivity contribution in [3.05, 3.63) is 84.4 Å². The molecule has 1 fully saturated rings. The molecule has 8 heteroatoms. The number of rotatable bonds is 4. The summed E-state index contributed by atoms with van der Waals surface area (Å²) in [6.45, 7) is 6.42. The maximum Gasteiger partial charge on any atom is 0.414 e. The highest BCUT2D eigenvalue weighted by molar-refractivity contribution is 6.50. The molecule has 1 saturated heterocycles. The summed E-state index contributed by atoms with van der Waals surface area (Å²) >= 11 is 0. The maximum absolute atomic E-state index is 13.3. The summed E-state index contributed by atoms with van der Waals surface area (Å²) in [5.41, 5.74) is 4.23. The number of aryl methyl sites for hydroxylation is 1. The van der Waals surface area contributed by atoms with Crippen molar-refractivity contribution in [2.24, 2.45) is 7.05 Å². The Labute approximate surface area is 219 Å². The van der Waals surface area contributed by atoms with Crippen LogP contribution in [0.2, 0.25) is 0 Å². The quantitative estimate of drug-likeness (QED) is 0.310. The summed E-state index contributed by atoms with van der Waals surface area (Å²) < 4.78 is 9.35. The molecule has 0 unspecified atom stereocenters. The molecule has 2 aliphatic rings. The van der Waals surface area contributed by atoms with Crippen LogP contribution in [0.1, 0.15) is 36.9 Å². The third kappa shape index (κ3) is 3.80. The Morgan fingerprint density at radius 1 is 0.895 bits per heavy atom. The van der Waals surface area contributed by atoms with Gasteiger partial charge in [0.1, 0.15) is 0 Å². The number of aromatic nitrogens is 2. The normalized spacial score (nSPS) is 16.5. The molecule has 2 aromatic carbocycles. The van der Waals surface area contributed by atoms with Crippen LogP contribution in [0.3, 0.4) is 0 Å². The van der Waals surface area contributed by atoms with Crippen molar-refractivity contribution < 1.29 is 19.1 Å². The van der Waals surface area contributed by atoms with Gasteiger partial charge >= 0.3 is 6.09 Å². The van der Waals surface area contributed by atoms with Crippen molar-refractivity contribution in [3.8, 4) is 0 Å². The lowest BCUT2D eigenvalue weighted by molar-refractivity contribution is -0.122. The molecule has 0 radical (unpaired) electrons. The molecule has 4 aromatic rings. The van der Waals surface area contributed by atoms with Crippen LogP contribution in [0.25, 0.3) is 33.0 Å². The second-order valence-electron chi connectivity index (χ2n) is 9.96. The van der Waals surface area contributed by atoms with Gasteiger partial charge in [-0.1, -0.05) is 43.0 Å². The van der Waals surface area contributed by atoms with Gasteiger partial charge in [0.25, 0.3) is 11.8 Å². The molecule has 0 bridgehead atoms. The van der Waals surface area contributed by atoms with E-state index in [9.17, 15) is 14.4 Å². The number of benzene rings is 2. The molecule has 0 aliphatic carbocycles. The molecule has 2 aliphatic heterocycles. The molecule has 38 heavy (non-hydrogen) atoms. The molecule has 2 aromatic heterocycles. The molecular formula is C30H28N4O4. The number of hydrogen-bond donors (Lipinski definition) is 1. The molecule has 6 rings (SSSR count). The molecular weight excluding hydrogens is 480 g/mol. The Hall–Kier alpha value is -4.59. The third-order valence-corrected chi connectivity index (χ3v) is 7.49. The van der Waals surface area contributed by atoms with Gasteiger partial charge in [0.15, 0.2) is 0 Å². The Bertz CT molecular complexity index is 1680. The standard InChI is InChI=1S/C30H28N4O4/c1-18(2)38-30(37)33-14-12-19(13-15-33)34-17-23(21-9-5-7-11-25(21)34)27-26(28(35)31-29(27)36)22-16-32(3)24-10-6-4-8-20(22)24/h4-11,16-17,19H,1,12-15H2,2-3H3,(H,31,35,36). The molecule has 0 saturated carbocycles. The van der Waals surface area contributed by atoms with Crippen LogP contribution in [0.5, 0.6) is 0 Å². The Balaban J connectivity index is 1.44. The summed E-state index contributed by atoms with van der Waals surface area (Å²) in [7, 11) is 1.94. The van der Waals surface area contributed by atoms with Crippen LogP contribution in [-0.4, -0.2) is 45.0 Å². The Morgan fingerprint density at radius 3 is 2.08 bits per heavy atom. The van der Waals surface area contributed by atoms with Crippen molar-refractivity contribution in [2.45, 2.75) is 25.8 Å². The number of imide groups is 1. The van der Waals surface area contributed by atoms with Gasteiger partial charge < -0.3 is 18.8 Å². The fourth-order valence-electron chi connectivity index (χ4n) is 5.76. The number of amides is 3. The zero-order valence-corrected chi connectivity index (χ0v) is 21.4. The number of ether oxygens (including phenoxy) is 1. The van der Waals surface area contributed by atoms with E-state index in [4.69, 9.17) is 4.74 Å². The van der Waals surface area contributed by atoms with Gasteiger partial charge in [0.05, 0.1) is 16.9 Å². The minimum Gasteiger partial charge on any atom is -0.416 e.